The summed E-state index contributed by atoms with van der Waals surface area (Å²) in [7, 11) is -5.27. The second kappa shape index (κ2) is 15.7. The fourth-order valence-electron chi connectivity index (χ4n) is 3.73. The Morgan fingerprint density at radius 3 is 1.95 bits per heavy atom. The van der Waals surface area contributed by atoms with Gasteiger partial charge in [-0.1, -0.05) is 19.3 Å². The van der Waals surface area contributed by atoms with E-state index in [0.29, 0.717) is 19.3 Å². The highest BCUT2D eigenvalue weighted by Gasteiger charge is 2.49. The lowest BCUT2D eigenvalue weighted by Crippen LogP contribution is -2.54. The normalized spacial score (nSPS) is 25.5. The number of hydrogen-bond donors (Lipinski definition) is 7. The number of carboxylic acids is 2. The van der Waals surface area contributed by atoms with E-state index >= 15 is 0 Å². The zero-order valence-electron chi connectivity index (χ0n) is 20.8. The van der Waals surface area contributed by atoms with Crippen LogP contribution in [0.1, 0.15) is 38.5 Å². The largest absolute Gasteiger partial charge is 0.490 e. The van der Waals surface area contributed by atoms with Crippen molar-refractivity contribution in [3.8, 4) is 0 Å². The highest BCUT2D eigenvalue weighted by Crippen LogP contribution is 2.32. The number of halogens is 6. The molecule has 0 aromatic heterocycles. The average Bonchev–Trinajstić information content (AvgIpc) is 3.12. The van der Waals surface area contributed by atoms with E-state index in [2.05, 4.69) is 4.72 Å². The molecule has 4 atom stereocenters. The maximum absolute atomic E-state index is 12.7. The van der Waals surface area contributed by atoms with Crippen molar-refractivity contribution in [1.82, 2.24) is 9.03 Å². The predicted octanol–water partition coefficient (Wildman–Crippen LogP) is -0.630. The van der Waals surface area contributed by atoms with Crippen molar-refractivity contribution in [2.75, 3.05) is 13.1 Å². The fraction of sp³-hybridized carbons (Fsp3) is 0.833. The van der Waals surface area contributed by atoms with Crippen LogP contribution in [0.2, 0.25) is 6.32 Å². The Balaban J connectivity index is 0.000000894. The summed E-state index contributed by atoms with van der Waals surface area (Å²) < 4.78 is 97.8. The van der Waals surface area contributed by atoms with Crippen molar-refractivity contribution in [3.63, 3.8) is 0 Å². The quantitative estimate of drug-likeness (QED) is 0.0738. The molecule has 0 amide bonds. The van der Waals surface area contributed by atoms with Crippen LogP contribution in [0, 0.1) is 5.92 Å². The Morgan fingerprint density at radius 1 is 1.07 bits per heavy atom. The van der Waals surface area contributed by atoms with Gasteiger partial charge < -0.3 is 30.7 Å². The summed E-state index contributed by atoms with van der Waals surface area (Å²) in [5.74, 6) is -5.96. The molecular formula is C18H31BF6N4O10S. The minimum atomic E-state index is -5.08. The third-order valence-corrected chi connectivity index (χ3v) is 7.32. The van der Waals surface area contributed by atoms with Gasteiger partial charge in [0.05, 0.1) is 6.54 Å². The zero-order chi connectivity index (χ0) is 31.5. The molecule has 1 aliphatic heterocycles. The molecule has 2 aliphatic rings. The standard InChI is InChI=1S/C14H29BN4O6S.2C2HF3O2/c16-12-5-1-2-6-13(12)18-26(23,24)19-8-11(4-3-7-15(21)22)14(17,9-19)25-10-20;2*3-2(4,5)1(6)7/h10-13,18,21-22H,1-9,16-17H2;2*(H,6,7)/t11-,12+,13?,14+;;/m0../s1. The Morgan fingerprint density at radius 2 is 1.55 bits per heavy atom. The van der Waals surface area contributed by atoms with Gasteiger partial charge in [-0.3, -0.25) is 10.5 Å². The number of hydrogen-bond acceptors (Lipinski definition) is 10. The number of nitrogens with one attached hydrogen (secondary N) is 1. The predicted molar refractivity (Wildman–Crippen MR) is 123 cm³/mol. The summed E-state index contributed by atoms with van der Waals surface area (Å²) in [5.41, 5.74) is 10.7. The summed E-state index contributed by atoms with van der Waals surface area (Å²) in [6.45, 7) is 0.146. The number of alkyl halides is 6. The van der Waals surface area contributed by atoms with E-state index < -0.39 is 53.3 Å². The molecule has 0 bridgehead atoms. The minimum Gasteiger partial charge on any atom is -0.475 e. The minimum absolute atomic E-state index is 0.0865. The summed E-state index contributed by atoms with van der Waals surface area (Å²) in [6.07, 6.45) is -5.85. The number of nitrogens with two attached hydrogens (primary N) is 2. The van der Waals surface area contributed by atoms with Crippen LogP contribution >= 0.6 is 0 Å². The van der Waals surface area contributed by atoms with Gasteiger partial charge in [0.15, 0.2) is 5.72 Å². The average molecular weight is 620 g/mol. The summed E-state index contributed by atoms with van der Waals surface area (Å²) in [5, 5.41) is 32.2. The summed E-state index contributed by atoms with van der Waals surface area (Å²) in [6, 6.07) is -0.548. The van der Waals surface area contributed by atoms with Crippen LogP contribution in [0.4, 0.5) is 26.3 Å². The molecule has 1 unspecified atom stereocenters. The SMILES string of the molecule is N[C@@H]1CCCCC1NS(=O)(=O)N1C[C@H](CCCB(O)O)[C@](N)(OC=O)C1.O=C(O)C(F)(F)F.O=C(O)C(F)(F)F. The van der Waals surface area contributed by atoms with Crippen molar-refractivity contribution < 1.29 is 74.1 Å². The lowest BCUT2D eigenvalue weighted by Gasteiger charge is -2.31. The van der Waals surface area contributed by atoms with Crippen LogP contribution in [0.5, 0.6) is 0 Å². The molecule has 22 heteroatoms. The third kappa shape index (κ3) is 13.4. The highest BCUT2D eigenvalue weighted by atomic mass is 32.2. The summed E-state index contributed by atoms with van der Waals surface area (Å²) in [4.78, 5) is 28.6. The Labute approximate surface area is 224 Å². The van der Waals surface area contributed by atoms with E-state index in [9.17, 15) is 39.6 Å². The topological polar surface area (TPSA) is 243 Å². The van der Waals surface area contributed by atoms with Gasteiger partial charge in [-0.2, -0.15) is 43.8 Å². The first-order valence-corrected chi connectivity index (χ1v) is 12.9. The van der Waals surface area contributed by atoms with Gasteiger partial charge in [0.2, 0.25) is 0 Å². The van der Waals surface area contributed by atoms with E-state index in [1.54, 1.807) is 0 Å². The van der Waals surface area contributed by atoms with Gasteiger partial charge in [0.1, 0.15) is 0 Å². The van der Waals surface area contributed by atoms with E-state index in [-0.39, 0.29) is 38.0 Å². The number of nitrogens with zero attached hydrogens (tertiary/aromatic N) is 1. The molecule has 1 aliphatic carbocycles. The molecule has 14 nitrogen and oxygen atoms in total. The molecule has 0 spiro atoms. The van der Waals surface area contributed by atoms with Gasteiger partial charge in [0.25, 0.3) is 16.7 Å². The number of carbonyl (C=O) groups is 3. The number of rotatable bonds is 9. The Bertz CT molecular complexity index is 919. The maximum atomic E-state index is 12.7. The zero-order valence-corrected chi connectivity index (χ0v) is 21.6. The van der Waals surface area contributed by atoms with Gasteiger partial charge in [0, 0.05) is 24.5 Å². The van der Waals surface area contributed by atoms with E-state index in [1.807, 2.05) is 0 Å². The molecule has 0 radical (unpaired) electrons. The molecule has 9 N–H and O–H groups in total. The lowest BCUT2D eigenvalue weighted by molar-refractivity contribution is -0.193. The van der Waals surface area contributed by atoms with Crippen LogP contribution in [-0.2, 0) is 29.3 Å². The third-order valence-electron chi connectivity index (χ3n) is 5.77. The molecule has 0 aromatic rings. The van der Waals surface area contributed by atoms with Crippen LogP contribution in [-0.4, -0.2) is 102 Å². The van der Waals surface area contributed by atoms with E-state index in [4.69, 9.17) is 46.1 Å². The monoisotopic (exact) mass is 620 g/mol. The number of carbonyl (C=O) groups excluding carboxylic acids is 1. The first kappa shape index (κ1) is 37.8. The molecular weight excluding hydrogens is 589 g/mol. The molecule has 1 saturated heterocycles. The Hall–Kier alpha value is -2.24. The van der Waals surface area contributed by atoms with Crippen molar-refractivity contribution in [1.29, 1.82) is 0 Å². The van der Waals surface area contributed by atoms with Crippen LogP contribution in [0.25, 0.3) is 0 Å². The van der Waals surface area contributed by atoms with Crippen molar-refractivity contribution in [2.24, 2.45) is 17.4 Å². The first-order chi connectivity index (χ1) is 18.1. The molecule has 1 heterocycles. The van der Waals surface area contributed by atoms with Gasteiger partial charge in [-0.25, -0.2) is 9.59 Å². The second-order valence-electron chi connectivity index (χ2n) is 8.85. The number of aliphatic carboxylic acids is 2. The van der Waals surface area contributed by atoms with Crippen LogP contribution in [0.15, 0.2) is 0 Å². The fourth-order valence-corrected chi connectivity index (χ4v) is 5.30. The van der Waals surface area contributed by atoms with Crippen LogP contribution in [0.3, 0.4) is 0 Å². The van der Waals surface area contributed by atoms with Gasteiger partial charge in [-0.15, -0.1) is 0 Å². The number of carboxylic acid groups (broad SMARTS) is 2. The highest BCUT2D eigenvalue weighted by molar-refractivity contribution is 7.87. The molecule has 234 valence electrons. The molecule has 40 heavy (non-hydrogen) atoms. The first-order valence-electron chi connectivity index (χ1n) is 11.5. The second-order valence-corrected chi connectivity index (χ2v) is 10.6. The van der Waals surface area contributed by atoms with Crippen molar-refractivity contribution in [3.05, 3.63) is 0 Å². The Kier molecular flexibility index (Phi) is 14.8. The molecule has 1 saturated carbocycles. The number of ether oxygens (including phenoxy) is 1. The van der Waals surface area contributed by atoms with Crippen LogP contribution < -0.4 is 16.2 Å². The van der Waals surface area contributed by atoms with E-state index in [0.717, 1.165) is 19.3 Å². The van der Waals surface area contributed by atoms with Crippen molar-refractivity contribution in [2.45, 2.75) is 75.0 Å². The molecule has 0 aromatic carbocycles. The summed E-state index contributed by atoms with van der Waals surface area (Å²) >= 11 is 0. The van der Waals surface area contributed by atoms with Crippen molar-refractivity contribution >= 4 is 35.7 Å². The van der Waals surface area contributed by atoms with E-state index in [1.165, 1.54) is 4.31 Å². The van der Waals surface area contributed by atoms with Gasteiger partial charge in [-0.05, 0) is 25.6 Å². The molecule has 2 rings (SSSR count). The molecule has 2 fully saturated rings. The maximum Gasteiger partial charge on any atom is 0.490 e. The van der Waals surface area contributed by atoms with Gasteiger partial charge >= 0.3 is 31.4 Å². The lowest BCUT2D eigenvalue weighted by atomic mass is 9.81. The smallest absolute Gasteiger partial charge is 0.475 e.